The average Bonchev–Trinajstić information content (AvgIpc) is 2.00. The van der Waals surface area contributed by atoms with Crippen molar-refractivity contribution in [2.24, 2.45) is 0 Å². The Hall–Kier alpha value is -4.14. The summed E-state index contributed by atoms with van der Waals surface area (Å²) in [4.78, 5) is 0. The maximum atomic E-state index is 5.70. The molecule has 9 nitrogen and oxygen atoms in total. The van der Waals surface area contributed by atoms with Crippen molar-refractivity contribution in [1.82, 2.24) is 0 Å². The van der Waals surface area contributed by atoms with Gasteiger partial charge in [0.15, 0.2) is 0 Å². The fourth-order valence-corrected chi connectivity index (χ4v) is 16.5. The normalized spacial score (nSPS) is 23.6. The van der Waals surface area contributed by atoms with E-state index in [-0.39, 0.29) is 0 Å². The van der Waals surface area contributed by atoms with Gasteiger partial charge >= 0.3 is 0 Å². The van der Waals surface area contributed by atoms with Gasteiger partial charge in [0.1, 0.15) is 0 Å². The van der Waals surface area contributed by atoms with Gasteiger partial charge in [-0.2, -0.15) is 0 Å². The molecule has 9 aliphatic rings. The van der Waals surface area contributed by atoms with E-state index in [2.05, 4.69) is 103 Å². The van der Waals surface area contributed by atoms with Crippen LogP contribution >= 0.6 is 0 Å². The van der Waals surface area contributed by atoms with Crippen LogP contribution < -0.4 is 0 Å². The van der Waals surface area contributed by atoms with Crippen LogP contribution in [0.1, 0.15) is 525 Å². The molecule has 0 amide bonds. The SMILES string of the molecule is CCO/C1=C/CCCCCC1.CCO/C1=C/CCCCCCC1.CCO/C1=C/CCCCCCCC1.CCO/C1=C/CCCCCCCCC1.CCO/C1=C/CCCCCCCCCC1.CCO/C1=C/CCCCCCCCCCC1.CCO/C1=C/CCCCCCCCCCCC1.CCOC1=CCCCC1.CCOC1=CCCCCC1. The van der Waals surface area contributed by atoms with E-state index in [9.17, 15) is 0 Å². The first kappa shape index (κ1) is 111. The maximum Gasteiger partial charge on any atom is 0.0919 e. The fourth-order valence-electron chi connectivity index (χ4n) is 16.5. The van der Waals surface area contributed by atoms with Gasteiger partial charge in [-0.1, -0.05) is 231 Å². The third-order valence-electron chi connectivity index (χ3n) is 23.2. The molecule has 0 aromatic carbocycles. The molecule has 0 unspecified atom stereocenters. The van der Waals surface area contributed by atoms with Crippen molar-refractivity contribution < 1.29 is 42.6 Å². The summed E-state index contributed by atoms with van der Waals surface area (Å²) in [6.45, 7) is 26.0. The summed E-state index contributed by atoms with van der Waals surface area (Å²) in [6.07, 6.45) is 117. The van der Waals surface area contributed by atoms with Gasteiger partial charge in [-0.15, -0.1) is 0 Å². The van der Waals surface area contributed by atoms with E-state index in [0.717, 1.165) is 117 Å². The Balaban J connectivity index is 0.000000662. The summed E-state index contributed by atoms with van der Waals surface area (Å²) in [5, 5.41) is 0. The molecule has 9 heteroatoms. The van der Waals surface area contributed by atoms with Crippen LogP contribution in [-0.4, -0.2) is 59.5 Å². The van der Waals surface area contributed by atoms with Crippen molar-refractivity contribution >= 4 is 0 Å². The molecule has 0 bridgehead atoms. The van der Waals surface area contributed by atoms with Crippen molar-refractivity contribution in [3.05, 3.63) is 107 Å². The zero-order valence-electron chi connectivity index (χ0n) is 79.6. The predicted molar refractivity (Wildman–Crippen MR) is 510 cm³/mol. The molecule has 0 heterocycles. The molecule has 117 heavy (non-hydrogen) atoms. The topological polar surface area (TPSA) is 83.1 Å². The van der Waals surface area contributed by atoms with Crippen molar-refractivity contribution in [2.75, 3.05) is 59.5 Å². The highest BCUT2D eigenvalue weighted by molar-refractivity contribution is 5.00. The molecule has 0 aliphatic heterocycles. The fraction of sp³-hybridized carbons (Fsp3) is 0.833. The van der Waals surface area contributed by atoms with Crippen LogP contribution in [0.25, 0.3) is 0 Å². The van der Waals surface area contributed by atoms with Gasteiger partial charge in [-0.25, -0.2) is 0 Å². The van der Waals surface area contributed by atoms with Gasteiger partial charge in [0, 0.05) is 57.8 Å². The van der Waals surface area contributed by atoms with Gasteiger partial charge < -0.3 is 42.6 Å². The van der Waals surface area contributed by atoms with E-state index in [0.29, 0.717) is 0 Å². The van der Waals surface area contributed by atoms with Gasteiger partial charge in [0.05, 0.1) is 111 Å². The highest BCUT2D eigenvalue weighted by atomic mass is 16.5. The van der Waals surface area contributed by atoms with Crippen LogP contribution in [0.4, 0.5) is 0 Å². The van der Waals surface area contributed by atoms with E-state index in [1.807, 2.05) is 13.8 Å². The molecular weight excluding hydrogens is 1440 g/mol. The number of hydrogen-bond donors (Lipinski definition) is 0. The minimum Gasteiger partial charge on any atom is -0.499 e. The van der Waals surface area contributed by atoms with Crippen molar-refractivity contribution in [2.45, 2.75) is 525 Å². The number of allylic oxidation sites excluding steroid dienone is 18. The smallest absolute Gasteiger partial charge is 0.0919 e. The van der Waals surface area contributed by atoms with Crippen LogP contribution in [0.2, 0.25) is 0 Å². The van der Waals surface area contributed by atoms with Crippen molar-refractivity contribution in [3.8, 4) is 0 Å². The molecule has 0 aromatic rings. The molecule has 0 saturated heterocycles. The summed E-state index contributed by atoms with van der Waals surface area (Å²) >= 11 is 0. The quantitative estimate of drug-likeness (QED) is 0.133. The van der Waals surface area contributed by atoms with Crippen LogP contribution in [-0.2, 0) is 42.6 Å². The lowest BCUT2D eigenvalue weighted by atomic mass is 10.0. The minimum absolute atomic E-state index is 0.825. The molecule has 9 rings (SSSR count). The molecule has 0 atom stereocenters. The largest absolute Gasteiger partial charge is 0.499 e. The zero-order valence-corrected chi connectivity index (χ0v) is 79.6. The zero-order chi connectivity index (χ0) is 84.2. The Morgan fingerprint density at radius 2 is 0.197 bits per heavy atom. The van der Waals surface area contributed by atoms with Crippen LogP contribution in [0, 0.1) is 0 Å². The molecule has 0 fully saturated rings. The molecule has 684 valence electrons. The van der Waals surface area contributed by atoms with E-state index >= 15 is 0 Å². The summed E-state index contributed by atoms with van der Waals surface area (Å²) in [6, 6.07) is 0. The highest BCUT2D eigenvalue weighted by Crippen LogP contribution is 2.26. The van der Waals surface area contributed by atoms with Crippen LogP contribution in [0.5, 0.6) is 0 Å². The highest BCUT2D eigenvalue weighted by Gasteiger charge is 2.10. The predicted octanol–water partition coefficient (Wildman–Crippen LogP) is 36.4. The maximum absolute atomic E-state index is 5.70. The summed E-state index contributed by atoms with van der Waals surface area (Å²) < 4.78 is 50.0. The number of hydrogen-bond acceptors (Lipinski definition) is 9. The number of ether oxygens (including phenoxy) is 9. The summed E-state index contributed by atoms with van der Waals surface area (Å²) in [7, 11) is 0. The lowest BCUT2D eigenvalue weighted by Gasteiger charge is -2.11. The molecule has 9 aliphatic carbocycles. The van der Waals surface area contributed by atoms with E-state index in [1.54, 1.807) is 0 Å². The van der Waals surface area contributed by atoms with Gasteiger partial charge in [0.25, 0.3) is 0 Å². The summed E-state index contributed by atoms with van der Waals surface area (Å²) in [5.74, 6) is 11.1. The molecular formula is C108H198O9. The molecule has 0 N–H and O–H groups in total. The lowest BCUT2D eigenvalue weighted by Crippen LogP contribution is -1.96. The third-order valence-corrected chi connectivity index (χ3v) is 23.2. The first-order valence-corrected chi connectivity index (χ1v) is 51.8. The van der Waals surface area contributed by atoms with Gasteiger partial charge in [0.2, 0.25) is 0 Å². The second-order valence-electron chi connectivity index (χ2n) is 33.9. The summed E-state index contributed by atoms with van der Waals surface area (Å²) in [5.41, 5.74) is 0. The first-order chi connectivity index (χ1) is 57.9. The number of rotatable bonds is 18. The lowest BCUT2D eigenvalue weighted by molar-refractivity contribution is 0.211. The Morgan fingerprint density at radius 3 is 0.299 bits per heavy atom. The van der Waals surface area contributed by atoms with E-state index in [1.165, 1.54) is 456 Å². The molecule has 0 aromatic heterocycles. The Labute approximate surface area is 729 Å². The van der Waals surface area contributed by atoms with Crippen LogP contribution in [0.3, 0.4) is 0 Å². The molecule has 0 spiro atoms. The second-order valence-corrected chi connectivity index (χ2v) is 33.9. The van der Waals surface area contributed by atoms with Gasteiger partial charge in [-0.3, -0.25) is 0 Å². The molecule has 0 saturated carbocycles. The van der Waals surface area contributed by atoms with Gasteiger partial charge in [-0.05, 0) is 290 Å². The van der Waals surface area contributed by atoms with Crippen molar-refractivity contribution in [1.29, 1.82) is 0 Å². The monoisotopic (exact) mass is 1640 g/mol. The second kappa shape index (κ2) is 92.6. The van der Waals surface area contributed by atoms with E-state index in [4.69, 9.17) is 42.6 Å². The Bertz CT molecular complexity index is 2370. The van der Waals surface area contributed by atoms with E-state index < -0.39 is 0 Å². The Morgan fingerprint density at radius 1 is 0.120 bits per heavy atom. The Kier molecular flexibility index (Phi) is 87.7. The van der Waals surface area contributed by atoms with Crippen LogP contribution in [0.15, 0.2) is 107 Å². The van der Waals surface area contributed by atoms with Crippen molar-refractivity contribution in [3.63, 3.8) is 0 Å². The average molecular weight is 1640 g/mol. The third kappa shape index (κ3) is 78.8. The molecule has 0 radical (unpaired) electrons. The first-order valence-electron chi connectivity index (χ1n) is 51.8. The minimum atomic E-state index is 0.825. The standard InChI is InChI=1S/C16H30O.C15H28O.C14H26O.C13H24O.C12H22O.C11H20O.C10H18O.C9H16O.C8H14O/c1-2-17-16-14-12-10-8-6-4-3-5-7-9-11-13-15-16;1-2-16-15-13-11-9-7-5-3-4-6-8-10-12-14-15;1-2-15-14-12-10-8-6-4-3-5-7-9-11-13-14;1-2-14-13-11-9-7-5-3-4-6-8-10-12-13;1-2-13-12-10-8-6-4-3-5-7-9-11-12;1-2-12-11-9-7-5-3-4-6-8-10-11;1-2-11-10-8-6-4-3-5-7-9-10;1-2-10-9-7-5-3-4-6-8-9;1-2-9-8-6-4-3-5-7-8/h14H,2-13,15H2,1H3;13H,2-12,14H2,1H3;12H,2-11,13H2,1H3;11H,2-10,12H2,1H3;10H,2-9,11H2,1H3;9H,2-8,10H2,1H3;8H,2-7,9H2,1H3;7H,2-6,8H2,1H3;6H,2-5,7H2,1H3/b16-14+;15-13+;14-12+;13-11+;12-10+;11-9+;10-8+;;.